The molecule has 0 spiro atoms. The zero-order valence-electron chi connectivity index (χ0n) is 15.9. The number of nitrogens with one attached hydrogen (secondary N) is 1. The van der Waals surface area contributed by atoms with Gasteiger partial charge >= 0.3 is 6.18 Å². The molecule has 2 amide bonds. The van der Waals surface area contributed by atoms with Crippen molar-refractivity contribution < 1.29 is 27.5 Å². The number of carbonyl (C=O) groups is 2. The van der Waals surface area contributed by atoms with Gasteiger partial charge in [0.1, 0.15) is 6.04 Å². The number of ether oxygens (including phenoxy) is 1. The van der Waals surface area contributed by atoms with Gasteiger partial charge in [-0.2, -0.15) is 13.2 Å². The van der Waals surface area contributed by atoms with Crippen molar-refractivity contribution in [2.45, 2.75) is 24.7 Å². The van der Waals surface area contributed by atoms with E-state index in [4.69, 9.17) is 4.74 Å². The summed E-state index contributed by atoms with van der Waals surface area (Å²) in [5.41, 5.74) is 0.597. The van der Waals surface area contributed by atoms with E-state index in [9.17, 15) is 22.8 Å². The Morgan fingerprint density at radius 2 is 1.93 bits per heavy atom. The molecule has 156 valence electrons. The molecule has 1 saturated heterocycles. The van der Waals surface area contributed by atoms with Crippen LogP contribution in [0.4, 0.5) is 18.9 Å². The number of fused-ring (bicyclic) bond motifs is 2. The molecule has 8 heteroatoms. The number of hydrogen-bond acceptors (Lipinski definition) is 3. The molecular weight excluding hydrogens is 397 g/mol. The Kier molecular flexibility index (Phi) is 5.11. The molecule has 2 aromatic rings. The number of nitrogens with zero attached hydrogens (tertiary/aromatic N) is 1. The summed E-state index contributed by atoms with van der Waals surface area (Å²) in [5.74, 6) is -0.702. The van der Waals surface area contributed by atoms with Crippen molar-refractivity contribution in [1.82, 2.24) is 4.90 Å². The predicted octanol–water partition coefficient (Wildman–Crippen LogP) is 4.11. The Morgan fingerprint density at radius 3 is 2.67 bits per heavy atom. The van der Waals surface area contributed by atoms with Crippen molar-refractivity contribution >= 4 is 17.5 Å². The third-order valence-corrected chi connectivity index (χ3v) is 5.33. The van der Waals surface area contributed by atoms with Crippen molar-refractivity contribution in [3.8, 4) is 11.1 Å². The fraction of sp³-hybridized carbons (Fsp3) is 0.273. The van der Waals surface area contributed by atoms with Crippen LogP contribution in [-0.2, 0) is 15.7 Å². The number of anilines is 1. The number of hydrogen-bond donors (Lipinski definition) is 1. The lowest BCUT2D eigenvalue weighted by atomic mass is 9.99. The van der Waals surface area contributed by atoms with E-state index in [1.165, 1.54) is 17.0 Å². The van der Waals surface area contributed by atoms with E-state index in [2.05, 4.69) is 11.9 Å². The van der Waals surface area contributed by atoms with Crippen LogP contribution in [0.5, 0.6) is 0 Å². The normalized spacial score (nSPS) is 21.0. The lowest BCUT2D eigenvalue weighted by molar-refractivity contribution is -0.137. The van der Waals surface area contributed by atoms with E-state index in [0.717, 1.165) is 12.1 Å². The molecule has 0 radical (unpaired) electrons. The van der Waals surface area contributed by atoms with Crippen LogP contribution < -0.4 is 5.32 Å². The van der Waals surface area contributed by atoms with Gasteiger partial charge in [0.25, 0.3) is 5.91 Å². The fourth-order valence-electron chi connectivity index (χ4n) is 3.91. The SMILES string of the molecule is C=CCO[C@H]1CCN2C(=O)c3cc(-c4cccc(C(F)(F)F)c4)ccc3NC(=O)[C@H]12. The molecule has 0 aliphatic carbocycles. The molecule has 1 N–H and O–H groups in total. The topological polar surface area (TPSA) is 58.6 Å². The van der Waals surface area contributed by atoms with Crippen LogP contribution in [0, 0.1) is 0 Å². The zero-order chi connectivity index (χ0) is 21.5. The number of carbonyl (C=O) groups excluding carboxylic acids is 2. The van der Waals surface area contributed by atoms with Crippen LogP contribution in [0.25, 0.3) is 11.1 Å². The first-order chi connectivity index (χ1) is 14.3. The van der Waals surface area contributed by atoms with Crippen LogP contribution in [-0.4, -0.2) is 42.0 Å². The fourth-order valence-corrected chi connectivity index (χ4v) is 3.91. The Morgan fingerprint density at radius 1 is 1.17 bits per heavy atom. The van der Waals surface area contributed by atoms with Crippen molar-refractivity contribution in [3.63, 3.8) is 0 Å². The largest absolute Gasteiger partial charge is 0.416 e. The van der Waals surface area contributed by atoms with Crippen molar-refractivity contribution in [3.05, 3.63) is 66.2 Å². The molecule has 4 rings (SSSR count). The van der Waals surface area contributed by atoms with Gasteiger partial charge < -0.3 is 15.0 Å². The van der Waals surface area contributed by atoms with Gasteiger partial charge in [-0.3, -0.25) is 9.59 Å². The average Bonchev–Trinajstić information content (AvgIpc) is 3.11. The number of halogens is 3. The summed E-state index contributed by atoms with van der Waals surface area (Å²) in [5, 5.41) is 2.76. The first-order valence-electron chi connectivity index (χ1n) is 9.45. The quantitative estimate of drug-likeness (QED) is 0.764. The molecule has 30 heavy (non-hydrogen) atoms. The molecular formula is C22H19F3N2O3. The number of rotatable bonds is 4. The van der Waals surface area contributed by atoms with Gasteiger partial charge in [-0.15, -0.1) is 6.58 Å². The summed E-state index contributed by atoms with van der Waals surface area (Å²) in [7, 11) is 0. The summed E-state index contributed by atoms with van der Waals surface area (Å²) < 4.78 is 44.8. The molecule has 0 aromatic heterocycles. The monoisotopic (exact) mass is 416 g/mol. The first kappa shape index (κ1) is 20.2. The lowest BCUT2D eigenvalue weighted by Gasteiger charge is -2.24. The average molecular weight is 416 g/mol. The molecule has 2 aliphatic heterocycles. The maximum Gasteiger partial charge on any atom is 0.416 e. The van der Waals surface area contributed by atoms with Gasteiger partial charge in [0, 0.05) is 6.54 Å². The second-order valence-electron chi connectivity index (χ2n) is 7.22. The van der Waals surface area contributed by atoms with Gasteiger partial charge in [0.15, 0.2) is 0 Å². The van der Waals surface area contributed by atoms with Gasteiger partial charge in [-0.05, 0) is 41.8 Å². The highest BCUT2D eigenvalue weighted by Gasteiger charge is 2.45. The molecule has 5 nitrogen and oxygen atoms in total. The second-order valence-corrected chi connectivity index (χ2v) is 7.22. The van der Waals surface area contributed by atoms with Crippen molar-refractivity contribution in [1.29, 1.82) is 0 Å². The highest BCUT2D eigenvalue weighted by molar-refractivity contribution is 6.11. The summed E-state index contributed by atoms with van der Waals surface area (Å²) >= 11 is 0. The molecule has 0 saturated carbocycles. The highest BCUT2D eigenvalue weighted by Crippen LogP contribution is 2.35. The second kappa shape index (κ2) is 7.60. The zero-order valence-corrected chi connectivity index (χ0v) is 15.9. The summed E-state index contributed by atoms with van der Waals surface area (Å²) in [6, 6.07) is 8.80. The minimum absolute atomic E-state index is 0.241. The maximum absolute atomic E-state index is 13.2. The Labute approximate surface area is 171 Å². The van der Waals surface area contributed by atoms with Crippen LogP contribution in [0.15, 0.2) is 55.1 Å². The van der Waals surface area contributed by atoms with Crippen LogP contribution >= 0.6 is 0 Å². The van der Waals surface area contributed by atoms with E-state index in [1.807, 2.05) is 0 Å². The minimum atomic E-state index is -4.46. The van der Waals surface area contributed by atoms with Crippen LogP contribution in [0.3, 0.4) is 0 Å². The number of benzene rings is 2. The number of alkyl halides is 3. The van der Waals surface area contributed by atoms with Gasteiger partial charge in [0.2, 0.25) is 5.91 Å². The third-order valence-electron chi connectivity index (χ3n) is 5.33. The smallest absolute Gasteiger partial charge is 0.371 e. The molecule has 0 bridgehead atoms. The molecule has 1 fully saturated rings. The first-order valence-corrected chi connectivity index (χ1v) is 9.45. The number of amides is 2. The summed E-state index contributed by atoms with van der Waals surface area (Å²) in [4.78, 5) is 27.4. The van der Waals surface area contributed by atoms with Crippen molar-refractivity contribution in [2.24, 2.45) is 0 Å². The van der Waals surface area contributed by atoms with Gasteiger partial charge in [-0.1, -0.05) is 24.3 Å². The summed E-state index contributed by atoms with van der Waals surface area (Å²) in [6.07, 6.45) is -2.81. The lowest BCUT2D eigenvalue weighted by Crippen LogP contribution is -2.46. The van der Waals surface area contributed by atoms with Crippen molar-refractivity contribution in [2.75, 3.05) is 18.5 Å². The molecule has 2 heterocycles. The summed E-state index contributed by atoms with van der Waals surface area (Å²) in [6.45, 7) is 4.21. The standard InChI is InChI=1S/C22H19F3N2O3/c1-2-10-30-18-8-9-27-19(18)20(28)26-17-7-6-14(12-16(17)21(27)29)13-4-3-5-15(11-13)22(23,24)25/h2-7,11-12,18-19H,1,8-10H2,(H,26,28)/t18-,19-/m0/s1. The predicted molar refractivity (Wildman–Crippen MR) is 105 cm³/mol. The Hall–Kier alpha value is -3.13. The van der Waals surface area contributed by atoms with E-state index in [-0.39, 0.29) is 24.0 Å². The van der Waals surface area contributed by atoms with E-state index < -0.39 is 23.9 Å². The van der Waals surface area contributed by atoms with Crippen LogP contribution in [0.1, 0.15) is 22.3 Å². The maximum atomic E-state index is 13.2. The minimum Gasteiger partial charge on any atom is -0.371 e. The Bertz CT molecular complexity index is 1020. The molecule has 2 atom stereocenters. The van der Waals surface area contributed by atoms with E-state index in [0.29, 0.717) is 29.8 Å². The third kappa shape index (κ3) is 3.59. The van der Waals surface area contributed by atoms with Crippen LogP contribution in [0.2, 0.25) is 0 Å². The Balaban J connectivity index is 1.70. The van der Waals surface area contributed by atoms with Gasteiger partial charge in [0.05, 0.1) is 29.5 Å². The molecule has 2 aliphatic rings. The van der Waals surface area contributed by atoms with E-state index in [1.54, 1.807) is 24.3 Å². The van der Waals surface area contributed by atoms with E-state index >= 15 is 0 Å². The highest BCUT2D eigenvalue weighted by atomic mass is 19.4. The molecule has 0 unspecified atom stereocenters. The molecule has 2 aromatic carbocycles. The van der Waals surface area contributed by atoms with Gasteiger partial charge in [-0.25, -0.2) is 0 Å².